The predicted octanol–water partition coefficient (Wildman–Crippen LogP) is 2.43. The van der Waals surface area contributed by atoms with Crippen molar-refractivity contribution in [2.24, 2.45) is 0 Å². The van der Waals surface area contributed by atoms with Crippen molar-refractivity contribution in [2.75, 3.05) is 20.1 Å². The van der Waals surface area contributed by atoms with E-state index >= 15 is 0 Å². The van der Waals surface area contributed by atoms with Crippen molar-refractivity contribution in [3.8, 4) is 0 Å². The first-order valence-electron chi connectivity index (χ1n) is 7.70. The topological polar surface area (TPSA) is 33.1 Å². The Morgan fingerprint density at radius 3 is 2.58 bits per heavy atom. The minimum atomic E-state index is 0.559. The van der Waals surface area contributed by atoms with Crippen molar-refractivity contribution in [3.05, 3.63) is 18.0 Å². The van der Waals surface area contributed by atoms with Crippen molar-refractivity contribution in [1.29, 1.82) is 0 Å². The molecule has 0 aromatic carbocycles. The van der Waals surface area contributed by atoms with Crippen molar-refractivity contribution >= 4 is 0 Å². The average molecular weight is 264 g/mol. The largest absolute Gasteiger partial charge is 0.317 e. The molecule has 1 aromatic rings. The van der Waals surface area contributed by atoms with E-state index in [0.29, 0.717) is 12.1 Å². The maximum absolute atomic E-state index is 4.74. The fraction of sp³-hybridized carbons (Fsp3) is 0.800. The van der Waals surface area contributed by atoms with Crippen LogP contribution in [0.4, 0.5) is 0 Å². The highest BCUT2D eigenvalue weighted by Gasteiger charge is 2.18. The van der Waals surface area contributed by atoms with Gasteiger partial charge in [-0.3, -0.25) is 9.58 Å². The van der Waals surface area contributed by atoms with Crippen LogP contribution in [0.2, 0.25) is 0 Å². The number of nitrogens with zero attached hydrogens (tertiary/aromatic N) is 3. The number of hydrogen-bond donors (Lipinski definition) is 1. The lowest BCUT2D eigenvalue weighted by molar-refractivity contribution is 0.192. The SMILES string of the molecule is CCC(CC)n1ccc(CN2CCC(NC)CC2)n1. The first-order chi connectivity index (χ1) is 9.26. The molecule has 4 heteroatoms. The van der Waals surface area contributed by atoms with Gasteiger partial charge < -0.3 is 5.32 Å². The summed E-state index contributed by atoms with van der Waals surface area (Å²) in [5.41, 5.74) is 1.22. The summed E-state index contributed by atoms with van der Waals surface area (Å²) in [7, 11) is 2.07. The van der Waals surface area contributed by atoms with E-state index in [1.54, 1.807) is 0 Å². The molecule has 1 N–H and O–H groups in total. The van der Waals surface area contributed by atoms with Gasteiger partial charge in [0.05, 0.1) is 11.7 Å². The molecule has 0 atom stereocenters. The second-order valence-corrected chi connectivity index (χ2v) is 5.60. The fourth-order valence-corrected chi connectivity index (χ4v) is 2.94. The van der Waals surface area contributed by atoms with Gasteiger partial charge in [0.2, 0.25) is 0 Å². The van der Waals surface area contributed by atoms with Crippen LogP contribution in [-0.2, 0) is 6.54 Å². The Balaban J connectivity index is 1.86. The summed E-state index contributed by atoms with van der Waals surface area (Å²) < 4.78 is 2.15. The highest BCUT2D eigenvalue weighted by atomic mass is 15.3. The van der Waals surface area contributed by atoms with Crippen LogP contribution in [0.3, 0.4) is 0 Å². The molecular formula is C15H28N4. The number of likely N-dealkylation sites (tertiary alicyclic amines) is 1. The smallest absolute Gasteiger partial charge is 0.0764 e. The zero-order valence-corrected chi connectivity index (χ0v) is 12.6. The lowest BCUT2D eigenvalue weighted by atomic mass is 10.1. The summed E-state index contributed by atoms with van der Waals surface area (Å²) in [5.74, 6) is 0. The molecule has 108 valence electrons. The zero-order valence-electron chi connectivity index (χ0n) is 12.6. The number of rotatable bonds is 6. The standard InChI is InChI=1S/C15H28N4/c1-4-15(5-2)19-11-8-14(17-19)12-18-9-6-13(16-3)7-10-18/h8,11,13,15-16H,4-7,9-10,12H2,1-3H3. The molecule has 0 spiro atoms. The fourth-order valence-electron chi connectivity index (χ4n) is 2.94. The quantitative estimate of drug-likeness (QED) is 0.856. The first-order valence-corrected chi connectivity index (χ1v) is 7.70. The van der Waals surface area contributed by atoms with Gasteiger partial charge in [-0.1, -0.05) is 13.8 Å². The van der Waals surface area contributed by atoms with Crippen LogP contribution in [0.5, 0.6) is 0 Å². The zero-order chi connectivity index (χ0) is 13.7. The molecule has 1 aliphatic heterocycles. The average Bonchev–Trinajstić information content (AvgIpc) is 2.89. The highest BCUT2D eigenvalue weighted by Crippen LogP contribution is 2.16. The molecular weight excluding hydrogens is 236 g/mol. The van der Waals surface area contributed by atoms with Gasteiger partial charge in [-0.05, 0) is 38.8 Å². The summed E-state index contributed by atoms with van der Waals surface area (Å²) in [6.45, 7) is 7.84. The van der Waals surface area contributed by atoms with E-state index in [1.807, 2.05) is 0 Å². The van der Waals surface area contributed by atoms with Gasteiger partial charge in [-0.2, -0.15) is 5.10 Å². The Labute approximate surface area is 117 Å². The maximum Gasteiger partial charge on any atom is 0.0764 e. The normalized spacial score (nSPS) is 18.3. The number of piperidine rings is 1. The Morgan fingerprint density at radius 2 is 2.00 bits per heavy atom. The van der Waals surface area contributed by atoms with Gasteiger partial charge in [0.1, 0.15) is 0 Å². The predicted molar refractivity (Wildman–Crippen MR) is 79.2 cm³/mol. The van der Waals surface area contributed by atoms with Crippen molar-refractivity contribution in [2.45, 2.75) is 58.2 Å². The molecule has 1 aromatic heterocycles. The maximum atomic E-state index is 4.74. The van der Waals surface area contributed by atoms with Crippen LogP contribution in [-0.4, -0.2) is 40.9 Å². The molecule has 0 unspecified atom stereocenters. The van der Waals surface area contributed by atoms with Gasteiger partial charge in [-0.25, -0.2) is 0 Å². The van der Waals surface area contributed by atoms with Gasteiger partial charge in [0, 0.05) is 31.9 Å². The Kier molecular flexibility index (Phi) is 5.40. The summed E-state index contributed by atoms with van der Waals surface area (Å²) in [4.78, 5) is 2.52. The summed E-state index contributed by atoms with van der Waals surface area (Å²) in [5, 5.41) is 8.12. The van der Waals surface area contributed by atoms with Crippen LogP contribution in [0, 0.1) is 0 Å². The molecule has 1 fully saturated rings. The summed E-state index contributed by atoms with van der Waals surface area (Å²) >= 11 is 0. The van der Waals surface area contributed by atoms with Gasteiger partial charge in [0.15, 0.2) is 0 Å². The minimum Gasteiger partial charge on any atom is -0.317 e. The van der Waals surface area contributed by atoms with Gasteiger partial charge in [-0.15, -0.1) is 0 Å². The highest BCUT2D eigenvalue weighted by molar-refractivity contribution is 5.00. The first kappa shape index (κ1) is 14.5. The molecule has 1 saturated heterocycles. The van der Waals surface area contributed by atoms with Crippen LogP contribution in [0.15, 0.2) is 12.3 Å². The lowest BCUT2D eigenvalue weighted by Gasteiger charge is -2.31. The Bertz CT molecular complexity index is 362. The molecule has 19 heavy (non-hydrogen) atoms. The van der Waals surface area contributed by atoms with E-state index in [9.17, 15) is 0 Å². The molecule has 0 saturated carbocycles. The number of hydrogen-bond acceptors (Lipinski definition) is 3. The Morgan fingerprint density at radius 1 is 1.32 bits per heavy atom. The van der Waals surface area contributed by atoms with Crippen LogP contribution in [0.1, 0.15) is 51.3 Å². The van der Waals surface area contributed by atoms with Gasteiger partial charge in [0.25, 0.3) is 0 Å². The van der Waals surface area contributed by atoms with E-state index in [1.165, 1.54) is 31.6 Å². The number of nitrogens with one attached hydrogen (secondary N) is 1. The molecule has 4 nitrogen and oxygen atoms in total. The van der Waals surface area contributed by atoms with Crippen LogP contribution in [0.25, 0.3) is 0 Å². The van der Waals surface area contributed by atoms with Crippen LogP contribution < -0.4 is 5.32 Å². The van der Waals surface area contributed by atoms with Crippen molar-refractivity contribution in [3.63, 3.8) is 0 Å². The second-order valence-electron chi connectivity index (χ2n) is 5.60. The van der Waals surface area contributed by atoms with E-state index in [0.717, 1.165) is 19.4 Å². The summed E-state index contributed by atoms with van der Waals surface area (Å²) in [6, 6.07) is 3.45. The summed E-state index contributed by atoms with van der Waals surface area (Å²) in [6.07, 6.45) is 6.97. The molecule has 2 rings (SSSR count). The lowest BCUT2D eigenvalue weighted by Crippen LogP contribution is -2.40. The van der Waals surface area contributed by atoms with Crippen molar-refractivity contribution < 1.29 is 0 Å². The molecule has 2 heterocycles. The molecule has 0 aliphatic carbocycles. The Hall–Kier alpha value is -0.870. The molecule has 0 radical (unpaired) electrons. The van der Waals surface area contributed by atoms with E-state index in [-0.39, 0.29) is 0 Å². The third kappa shape index (κ3) is 3.80. The van der Waals surface area contributed by atoms with Crippen LogP contribution >= 0.6 is 0 Å². The van der Waals surface area contributed by atoms with E-state index < -0.39 is 0 Å². The third-order valence-electron chi connectivity index (χ3n) is 4.36. The third-order valence-corrected chi connectivity index (χ3v) is 4.36. The number of aromatic nitrogens is 2. The molecule has 0 amide bonds. The second kappa shape index (κ2) is 7.06. The van der Waals surface area contributed by atoms with Gasteiger partial charge >= 0.3 is 0 Å². The van der Waals surface area contributed by atoms with E-state index in [4.69, 9.17) is 5.10 Å². The van der Waals surface area contributed by atoms with Crippen molar-refractivity contribution in [1.82, 2.24) is 20.0 Å². The van der Waals surface area contributed by atoms with E-state index in [2.05, 4.69) is 48.1 Å². The molecule has 1 aliphatic rings. The minimum absolute atomic E-state index is 0.559. The monoisotopic (exact) mass is 264 g/mol. The molecule has 0 bridgehead atoms.